The molecule has 1 aliphatic heterocycles. The monoisotopic (exact) mass is 156 g/mol. The first-order valence-electron chi connectivity index (χ1n) is 3.58. The van der Waals surface area contributed by atoms with Crippen molar-refractivity contribution in [2.45, 2.75) is 13.0 Å². The van der Waals surface area contributed by atoms with Crippen molar-refractivity contribution >= 4 is 12.3 Å². The Hall–Kier alpha value is -1.06. The third-order valence-corrected chi connectivity index (χ3v) is 1.72. The van der Waals surface area contributed by atoms with Crippen molar-refractivity contribution < 1.29 is 9.53 Å². The highest BCUT2D eigenvalue weighted by molar-refractivity contribution is 5.74. The maximum Gasteiger partial charge on any atom is 0.410 e. The van der Waals surface area contributed by atoms with E-state index in [9.17, 15) is 4.79 Å². The van der Waals surface area contributed by atoms with E-state index in [-0.39, 0.29) is 12.1 Å². The van der Waals surface area contributed by atoms with Gasteiger partial charge in [0.2, 0.25) is 0 Å². The van der Waals surface area contributed by atoms with Crippen molar-refractivity contribution in [3.05, 3.63) is 0 Å². The predicted octanol–water partition coefficient (Wildman–Crippen LogP) is 0.528. The Balaban J connectivity index is 2.56. The van der Waals surface area contributed by atoms with Gasteiger partial charge in [-0.2, -0.15) is 0 Å². The Labute approximate surface area is 65.9 Å². The van der Waals surface area contributed by atoms with Gasteiger partial charge in [0.25, 0.3) is 0 Å². The average molecular weight is 156 g/mol. The van der Waals surface area contributed by atoms with Gasteiger partial charge < -0.3 is 4.74 Å². The maximum atomic E-state index is 11.0. The van der Waals surface area contributed by atoms with Crippen LogP contribution in [0.3, 0.4) is 0 Å². The smallest absolute Gasteiger partial charge is 0.410 e. The zero-order chi connectivity index (χ0) is 8.27. The van der Waals surface area contributed by atoms with E-state index in [0.717, 1.165) is 0 Å². The normalized spacial score (nSPS) is 23.5. The van der Waals surface area contributed by atoms with Crippen LogP contribution in [-0.2, 0) is 4.74 Å². The summed E-state index contributed by atoms with van der Waals surface area (Å²) < 4.78 is 4.59. The summed E-state index contributed by atoms with van der Waals surface area (Å²) in [6.45, 7) is 3.19. The third-order valence-electron chi connectivity index (χ3n) is 1.72. The summed E-state index contributed by atoms with van der Waals surface area (Å²) in [5.74, 6) is 0. The highest BCUT2D eigenvalue weighted by atomic mass is 16.5. The second-order valence-electron chi connectivity index (χ2n) is 2.52. The van der Waals surface area contributed by atoms with Gasteiger partial charge in [0, 0.05) is 6.21 Å². The van der Waals surface area contributed by atoms with Crippen molar-refractivity contribution in [2.75, 3.05) is 20.2 Å². The van der Waals surface area contributed by atoms with Crippen LogP contribution in [0.15, 0.2) is 4.99 Å². The number of carbonyl (C=O) groups is 1. The molecule has 0 saturated heterocycles. The minimum atomic E-state index is -0.274. The predicted molar refractivity (Wildman–Crippen MR) is 41.9 cm³/mol. The molecule has 1 unspecified atom stereocenters. The van der Waals surface area contributed by atoms with Crippen molar-refractivity contribution in [1.29, 1.82) is 0 Å². The van der Waals surface area contributed by atoms with Gasteiger partial charge >= 0.3 is 6.09 Å². The Kier molecular flexibility index (Phi) is 2.46. The lowest BCUT2D eigenvalue weighted by Gasteiger charge is -2.27. The molecule has 0 N–H and O–H groups in total. The van der Waals surface area contributed by atoms with Gasteiger partial charge in [0.1, 0.15) is 0 Å². The van der Waals surface area contributed by atoms with Crippen LogP contribution in [0.5, 0.6) is 0 Å². The summed E-state index contributed by atoms with van der Waals surface area (Å²) >= 11 is 0. The number of carbonyl (C=O) groups excluding carboxylic acids is 1. The highest BCUT2D eigenvalue weighted by Crippen LogP contribution is 2.04. The zero-order valence-corrected chi connectivity index (χ0v) is 6.78. The lowest BCUT2D eigenvalue weighted by molar-refractivity contribution is 0.115. The molecule has 1 heterocycles. The Morgan fingerprint density at radius 2 is 2.55 bits per heavy atom. The third kappa shape index (κ3) is 1.69. The summed E-state index contributed by atoms with van der Waals surface area (Å²) in [4.78, 5) is 16.7. The first kappa shape index (κ1) is 8.04. The quantitative estimate of drug-likeness (QED) is 0.513. The van der Waals surface area contributed by atoms with Crippen molar-refractivity contribution in [3.63, 3.8) is 0 Å². The van der Waals surface area contributed by atoms with Gasteiger partial charge in [-0.3, -0.25) is 9.89 Å². The van der Waals surface area contributed by atoms with E-state index in [2.05, 4.69) is 9.73 Å². The number of hydrogen-bond donors (Lipinski definition) is 0. The number of nitrogens with zero attached hydrogens (tertiary/aromatic N) is 2. The number of amides is 1. The molecule has 1 amide bonds. The SMILES string of the molecule is COC(=O)N1CC=NCC1C. The van der Waals surface area contributed by atoms with E-state index in [1.807, 2.05) is 6.92 Å². The molecule has 62 valence electrons. The molecule has 0 radical (unpaired) electrons. The maximum absolute atomic E-state index is 11.0. The summed E-state index contributed by atoms with van der Waals surface area (Å²) in [6, 6.07) is 0.160. The van der Waals surface area contributed by atoms with Crippen LogP contribution in [0.2, 0.25) is 0 Å². The number of rotatable bonds is 0. The lowest BCUT2D eigenvalue weighted by atomic mass is 10.2. The fraction of sp³-hybridized carbons (Fsp3) is 0.714. The van der Waals surface area contributed by atoms with Crippen LogP contribution in [0.1, 0.15) is 6.92 Å². The second-order valence-corrected chi connectivity index (χ2v) is 2.52. The van der Waals surface area contributed by atoms with Gasteiger partial charge in [-0.25, -0.2) is 4.79 Å². The molecule has 0 fully saturated rings. The molecule has 1 atom stereocenters. The molecule has 1 rings (SSSR count). The summed E-state index contributed by atoms with van der Waals surface area (Å²) in [5, 5.41) is 0. The summed E-state index contributed by atoms with van der Waals surface area (Å²) in [5.41, 5.74) is 0. The zero-order valence-electron chi connectivity index (χ0n) is 6.78. The van der Waals surface area contributed by atoms with Crippen LogP contribution in [0.4, 0.5) is 4.79 Å². The van der Waals surface area contributed by atoms with Gasteiger partial charge in [-0.15, -0.1) is 0 Å². The molecule has 0 saturated carbocycles. The van der Waals surface area contributed by atoms with E-state index < -0.39 is 0 Å². The Bertz CT molecular complexity index is 179. The van der Waals surface area contributed by atoms with Crippen LogP contribution in [0, 0.1) is 0 Å². The molecule has 1 aliphatic rings. The summed E-state index contributed by atoms with van der Waals surface area (Å²) in [6.07, 6.45) is 1.46. The van der Waals surface area contributed by atoms with Gasteiger partial charge in [-0.1, -0.05) is 0 Å². The van der Waals surface area contributed by atoms with Gasteiger partial charge in [0.05, 0.1) is 26.2 Å². The van der Waals surface area contributed by atoms with Crippen molar-refractivity contribution in [2.24, 2.45) is 4.99 Å². The molecule has 0 aromatic carbocycles. The molecule has 11 heavy (non-hydrogen) atoms. The topological polar surface area (TPSA) is 41.9 Å². The number of aliphatic imine (C=N–C) groups is 1. The molecular weight excluding hydrogens is 144 g/mol. The van der Waals surface area contributed by atoms with E-state index >= 15 is 0 Å². The second kappa shape index (κ2) is 3.37. The fourth-order valence-electron chi connectivity index (χ4n) is 1.02. The number of hydrogen-bond acceptors (Lipinski definition) is 3. The van der Waals surface area contributed by atoms with Crippen molar-refractivity contribution in [3.8, 4) is 0 Å². The molecular formula is C7H12N2O2. The molecule has 4 nitrogen and oxygen atoms in total. The van der Waals surface area contributed by atoms with Crippen LogP contribution < -0.4 is 0 Å². The van der Waals surface area contributed by atoms with E-state index in [0.29, 0.717) is 13.1 Å². The Morgan fingerprint density at radius 3 is 3.09 bits per heavy atom. The first-order valence-corrected chi connectivity index (χ1v) is 3.58. The molecule has 0 spiro atoms. The molecule has 0 aromatic heterocycles. The largest absolute Gasteiger partial charge is 0.453 e. The Morgan fingerprint density at radius 1 is 1.82 bits per heavy atom. The van der Waals surface area contributed by atoms with Crippen molar-refractivity contribution in [1.82, 2.24) is 4.90 Å². The minimum Gasteiger partial charge on any atom is -0.453 e. The van der Waals surface area contributed by atoms with Gasteiger partial charge in [-0.05, 0) is 6.92 Å². The van der Waals surface area contributed by atoms with Crippen LogP contribution in [-0.4, -0.2) is 43.4 Å². The average Bonchev–Trinajstić information content (AvgIpc) is 2.04. The molecule has 0 aromatic rings. The lowest BCUT2D eigenvalue weighted by Crippen LogP contribution is -2.43. The molecule has 0 aliphatic carbocycles. The number of methoxy groups -OCH3 is 1. The number of ether oxygens (including phenoxy) is 1. The molecule has 4 heteroatoms. The van der Waals surface area contributed by atoms with E-state index in [1.165, 1.54) is 7.11 Å². The minimum absolute atomic E-state index is 0.160. The standard InChI is InChI=1S/C7H12N2O2/c1-6-5-8-3-4-9(6)7(10)11-2/h3,6H,4-5H2,1-2H3. The fourth-order valence-corrected chi connectivity index (χ4v) is 1.02. The first-order chi connectivity index (χ1) is 5.25. The van der Waals surface area contributed by atoms with Crippen LogP contribution in [0.25, 0.3) is 0 Å². The van der Waals surface area contributed by atoms with E-state index in [4.69, 9.17) is 0 Å². The van der Waals surface area contributed by atoms with Crippen LogP contribution >= 0.6 is 0 Å². The summed E-state index contributed by atoms with van der Waals surface area (Å²) in [7, 11) is 1.39. The van der Waals surface area contributed by atoms with Gasteiger partial charge in [0.15, 0.2) is 0 Å². The van der Waals surface area contributed by atoms with E-state index in [1.54, 1.807) is 11.1 Å². The molecule has 0 bridgehead atoms. The highest BCUT2D eigenvalue weighted by Gasteiger charge is 2.21.